The van der Waals surface area contributed by atoms with E-state index in [2.05, 4.69) is 31.3 Å². The molecule has 1 amide bonds. The second-order valence-corrected chi connectivity index (χ2v) is 9.77. The smallest absolute Gasteiger partial charge is 0.264 e. The van der Waals surface area contributed by atoms with Crippen LogP contribution in [0.25, 0.3) is 0 Å². The second kappa shape index (κ2) is 9.68. The highest BCUT2D eigenvalue weighted by Crippen LogP contribution is 2.18. The van der Waals surface area contributed by atoms with Crippen molar-refractivity contribution >= 4 is 37.6 Å². The van der Waals surface area contributed by atoms with Crippen LogP contribution in [0.4, 0.5) is 11.6 Å². The zero-order valence-corrected chi connectivity index (χ0v) is 18.2. The molecule has 3 N–H and O–H groups in total. The normalized spacial score (nSPS) is 11.5. The summed E-state index contributed by atoms with van der Waals surface area (Å²) in [5.74, 6) is -0.547. The number of amides is 1. The molecule has 0 saturated carbocycles. The largest absolute Gasteiger partial charge is 0.322 e. The maximum atomic E-state index is 12.4. The van der Waals surface area contributed by atoms with Crippen molar-refractivity contribution in [3.05, 3.63) is 85.2 Å². The van der Waals surface area contributed by atoms with Crippen molar-refractivity contribution in [2.24, 2.45) is 0 Å². The standard InChI is InChI=1S/C20H19N5O5S2/c1-2-12-23-31(27,28)17-8-4-15(5-9-17)19(26)24-16-6-10-18(11-7-16)32(29,30)25-20-21-13-3-14-22-20/h2-11,13-14,23H,1,12H2,(H,24,26)(H,21,22,25). The SMILES string of the molecule is C=CCNS(=O)(=O)c1ccc(C(=O)Nc2ccc(S(=O)(=O)Nc3ncccn3)cc2)cc1. The number of rotatable bonds is 9. The van der Waals surface area contributed by atoms with E-state index in [0.717, 1.165) is 0 Å². The highest BCUT2D eigenvalue weighted by atomic mass is 32.2. The van der Waals surface area contributed by atoms with E-state index in [4.69, 9.17) is 0 Å². The molecule has 10 nitrogen and oxygen atoms in total. The van der Waals surface area contributed by atoms with Crippen LogP contribution in [-0.2, 0) is 20.0 Å². The lowest BCUT2D eigenvalue weighted by Crippen LogP contribution is -2.23. The van der Waals surface area contributed by atoms with Gasteiger partial charge in [0.05, 0.1) is 9.79 Å². The number of sulfonamides is 2. The third-order valence-corrected chi connectivity index (χ3v) is 6.84. The Morgan fingerprint density at radius 2 is 1.44 bits per heavy atom. The molecule has 0 fully saturated rings. The van der Waals surface area contributed by atoms with Crippen molar-refractivity contribution in [2.75, 3.05) is 16.6 Å². The number of anilines is 2. The van der Waals surface area contributed by atoms with E-state index in [0.29, 0.717) is 5.69 Å². The van der Waals surface area contributed by atoms with Gasteiger partial charge in [0.25, 0.3) is 15.9 Å². The average molecular weight is 474 g/mol. The molecule has 3 aromatic rings. The lowest BCUT2D eigenvalue weighted by Gasteiger charge is -2.09. The first kappa shape index (κ1) is 23.1. The van der Waals surface area contributed by atoms with Crippen molar-refractivity contribution in [1.29, 1.82) is 0 Å². The van der Waals surface area contributed by atoms with Gasteiger partial charge in [-0.15, -0.1) is 6.58 Å². The number of carbonyl (C=O) groups is 1. The van der Waals surface area contributed by atoms with Gasteiger partial charge in [-0.2, -0.15) is 0 Å². The summed E-state index contributed by atoms with van der Waals surface area (Å²) < 4.78 is 53.5. The van der Waals surface area contributed by atoms with Crippen LogP contribution in [0.15, 0.2) is 89.4 Å². The summed E-state index contributed by atoms with van der Waals surface area (Å²) in [6.07, 6.45) is 4.23. The number of aromatic nitrogens is 2. The van der Waals surface area contributed by atoms with Crippen LogP contribution in [0, 0.1) is 0 Å². The van der Waals surface area contributed by atoms with Gasteiger partial charge < -0.3 is 5.32 Å². The van der Waals surface area contributed by atoms with Crippen molar-refractivity contribution in [3.63, 3.8) is 0 Å². The summed E-state index contributed by atoms with van der Waals surface area (Å²) in [6, 6.07) is 12.4. The lowest BCUT2D eigenvalue weighted by molar-refractivity contribution is 0.102. The Bertz CT molecular complexity index is 1310. The van der Waals surface area contributed by atoms with Crippen LogP contribution in [0.2, 0.25) is 0 Å². The second-order valence-electron chi connectivity index (χ2n) is 6.32. The van der Waals surface area contributed by atoms with Crippen LogP contribution in [0.5, 0.6) is 0 Å². The fourth-order valence-electron chi connectivity index (χ4n) is 2.49. The first-order valence-electron chi connectivity index (χ1n) is 9.13. The van der Waals surface area contributed by atoms with E-state index in [1.807, 2.05) is 0 Å². The minimum atomic E-state index is -3.89. The van der Waals surface area contributed by atoms with Crippen LogP contribution < -0.4 is 14.8 Å². The first-order chi connectivity index (χ1) is 15.2. The van der Waals surface area contributed by atoms with Crippen LogP contribution in [-0.4, -0.2) is 39.3 Å². The Balaban J connectivity index is 1.67. The zero-order valence-electron chi connectivity index (χ0n) is 16.6. The molecular weight excluding hydrogens is 454 g/mol. The average Bonchev–Trinajstić information content (AvgIpc) is 2.78. The van der Waals surface area contributed by atoms with E-state index < -0.39 is 26.0 Å². The van der Waals surface area contributed by atoms with Gasteiger partial charge in [-0.3, -0.25) is 4.79 Å². The fraction of sp³-hybridized carbons (Fsp3) is 0.0500. The molecule has 12 heteroatoms. The van der Waals surface area contributed by atoms with Crippen molar-refractivity contribution in [2.45, 2.75) is 9.79 Å². The van der Waals surface area contributed by atoms with Gasteiger partial charge in [0.15, 0.2) is 0 Å². The number of hydrogen-bond donors (Lipinski definition) is 3. The topological polar surface area (TPSA) is 147 Å². The highest BCUT2D eigenvalue weighted by molar-refractivity contribution is 7.92. The number of carbonyl (C=O) groups excluding carboxylic acids is 1. The Labute approximate surface area is 185 Å². The third kappa shape index (κ3) is 5.75. The Morgan fingerprint density at radius 3 is 2.03 bits per heavy atom. The molecule has 32 heavy (non-hydrogen) atoms. The molecule has 0 unspecified atom stereocenters. The summed E-state index contributed by atoms with van der Waals surface area (Å²) in [5, 5.41) is 2.62. The number of nitrogens with one attached hydrogen (secondary N) is 3. The van der Waals surface area contributed by atoms with Gasteiger partial charge in [-0.05, 0) is 54.6 Å². The Hall–Kier alpha value is -3.61. The third-order valence-electron chi connectivity index (χ3n) is 4.06. The Morgan fingerprint density at radius 1 is 0.875 bits per heavy atom. The molecule has 0 bridgehead atoms. The predicted octanol–water partition coefficient (Wildman–Crippen LogP) is 1.99. The quantitative estimate of drug-likeness (QED) is 0.403. The van der Waals surface area contributed by atoms with E-state index in [-0.39, 0.29) is 27.8 Å². The predicted molar refractivity (Wildman–Crippen MR) is 119 cm³/mol. The molecule has 0 spiro atoms. The molecule has 2 aromatic carbocycles. The highest BCUT2D eigenvalue weighted by Gasteiger charge is 2.17. The first-order valence-corrected chi connectivity index (χ1v) is 12.1. The molecular formula is C20H19N5O5S2. The van der Waals surface area contributed by atoms with Crippen molar-refractivity contribution in [1.82, 2.24) is 14.7 Å². The van der Waals surface area contributed by atoms with E-state index in [9.17, 15) is 21.6 Å². The molecule has 1 heterocycles. The maximum Gasteiger partial charge on any atom is 0.264 e. The van der Waals surface area contributed by atoms with Gasteiger partial charge >= 0.3 is 0 Å². The van der Waals surface area contributed by atoms with E-state index in [1.165, 1.54) is 67.0 Å². The van der Waals surface area contributed by atoms with Crippen LogP contribution in [0.3, 0.4) is 0 Å². The van der Waals surface area contributed by atoms with Gasteiger partial charge in [0.1, 0.15) is 0 Å². The van der Waals surface area contributed by atoms with Crippen molar-refractivity contribution < 1.29 is 21.6 Å². The summed E-state index contributed by atoms with van der Waals surface area (Å²) >= 11 is 0. The summed E-state index contributed by atoms with van der Waals surface area (Å²) in [5.41, 5.74) is 0.585. The molecule has 0 atom stereocenters. The fourth-order valence-corrected chi connectivity index (χ4v) is 4.45. The number of hydrogen-bond acceptors (Lipinski definition) is 7. The van der Waals surface area contributed by atoms with Crippen LogP contribution >= 0.6 is 0 Å². The minimum absolute atomic E-state index is 0.0142. The molecule has 166 valence electrons. The lowest BCUT2D eigenvalue weighted by atomic mass is 10.2. The summed E-state index contributed by atoms with van der Waals surface area (Å²) in [7, 11) is -7.58. The molecule has 0 aliphatic carbocycles. The molecule has 0 radical (unpaired) electrons. The number of nitrogens with zero attached hydrogens (tertiary/aromatic N) is 2. The van der Waals surface area contributed by atoms with Gasteiger partial charge in [-0.1, -0.05) is 6.08 Å². The summed E-state index contributed by atoms with van der Waals surface area (Å²) in [6.45, 7) is 3.54. The molecule has 0 aliphatic heterocycles. The zero-order chi connectivity index (χ0) is 23.2. The molecule has 3 rings (SSSR count). The maximum absolute atomic E-state index is 12.4. The summed E-state index contributed by atoms with van der Waals surface area (Å²) in [4.78, 5) is 20.0. The molecule has 1 aromatic heterocycles. The van der Waals surface area contributed by atoms with Crippen molar-refractivity contribution in [3.8, 4) is 0 Å². The van der Waals surface area contributed by atoms with Gasteiger partial charge in [0, 0.05) is 30.2 Å². The van der Waals surface area contributed by atoms with E-state index in [1.54, 1.807) is 6.07 Å². The van der Waals surface area contributed by atoms with Gasteiger partial charge in [-0.25, -0.2) is 36.2 Å². The van der Waals surface area contributed by atoms with Gasteiger partial charge in [0.2, 0.25) is 16.0 Å². The van der Waals surface area contributed by atoms with Crippen LogP contribution in [0.1, 0.15) is 10.4 Å². The minimum Gasteiger partial charge on any atom is -0.322 e. The molecule has 0 aliphatic rings. The number of benzene rings is 2. The van der Waals surface area contributed by atoms with E-state index >= 15 is 0 Å². The monoisotopic (exact) mass is 473 g/mol. The Kier molecular flexibility index (Phi) is 6.98. The molecule has 0 saturated heterocycles.